The molecule has 1 aromatic rings. The van der Waals surface area contributed by atoms with Gasteiger partial charge in [-0.1, -0.05) is 6.07 Å². The minimum Gasteiger partial charge on any atom is -0.390 e. The fourth-order valence-corrected chi connectivity index (χ4v) is 2.57. The molecule has 1 fully saturated rings. The van der Waals surface area contributed by atoms with Crippen molar-refractivity contribution in [2.24, 2.45) is 0 Å². The summed E-state index contributed by atoms with van der Waals surface area (Å²) in [5.74, 6) is 0.191. The Balaban J connectivity index is 1.85. The predicted octanol–water partition coefficient (Wildman–Crippen LogP) is 1.78. The Morgan fingerprint density at radius 2 is 2.25 bits per heavy atom. The molecule has 4 heteroatoms. The summed E-state index contributed by atoms with van der Waals surface area (Å²) in [5.41, 5.74) is -0.539. The molecule has 2 heterocycles. The Bertz CT molecular complexity index is 349. The van der Waals surface area contributed by atoms with Gasteiger partial charge in [0.25, 0.3) is 0 Å². The Kier molecular flexibility index (Phi) is 3.42. The van der Waals surface area contributed by atoms with Gasteiger partial charge in [-0.3, -0.25) is 9.69 Å². The summed E-state index contributed by atoms with van der Waals surface area (Å²) in [6, 6.07) is 3.77. The Morgan fingerprint density at radius 3 is 2.81 bits per heavy atom. The number of carbonyl (C=O) groups excluding carboxylic acids is 1. The highest BCUT2D eigenvalue weighted by Gasteiger charge is 2.28. The number of hydrogen-bond acceptors (Lipinski definition) is 4. The molecule has 0 aromatic carbocycles. The molecule has 1 N–H and O–H groups in total. The molecule has 0 atom stereocenters. The van der Waals surface area contributed by atoms with Crippen LogP contribution in [-0.4, -0.2) is 41.0 Å². The average molecular weight is 239 g/mol. The topological polar surface area (TPSA) is 40.5 Å². The van der Waals surface area contributed by atoms with Crippen LogP contribution in [0, 0.1) is 0 Å². The second-order valence-electron chi connectivity index (χ2n) is 4.67. The van der Waals surface area contributed by atoms with E-state index in [4.69, 9.17) is 0 Å². The highest BCUT2D eigenvalue weighted by molar-refractivity contribution is 7.12. The van der Waals surface area contributed by atoms with E-state index in [1.54, 1.807) is 0 Å². The van der Waals surface area contributed by atoms with E-state index in [0.29, 0.717) is 6.54 Å². The number of thiophene rings is 1. The van der Waals surface area contributed by atoms with Crippen LogP contribution in [0.5, 0.6) is 0 Å². The molecule has 16 heavy (non-hydrogen) atoms. The zero-order chi connectivity index (χ0) is 11.6. The summed E-state index contributed by atoms with van der Waals surface area (Å²) in [5, 5.41) is 11.7. The van der Waals surface area contributed by atoms with Gasteiger partial charge in [0.15, 0.2) is 5.78 Å². The first kappa shape index (κ1) is 11.8. The highest BCUT2D eigenvalue weighted by atomic mass is 32.1. The maximum atomic E-state index is 11.8. The van der Waals surface area contributed by atoms with Crippen molar-refractivity contribution < 1.29 is 9.90 Å². The third-order valence-electron chi connectivity index (χ3n) is 3.10. The first-order chi connectivity index (χ1) is 7.57. The molecule has 0 amide bonds. The second kappa shape index (κ2) is 4.65. The predicted molar refractivity (Wildman–Crippen MR) is 64.9 cm³/mol. The normalized spacial score (nSPS) is 20.9. The minimum atomic E-state index is -0.539. The van der Waals surface area contributed by atoms with Crippen LogP contribution in [0.25, 0.3) is 0 Å². The minimum absolute atomic E-state index is 0.191. The standard InChI is InChI=1S/C12H17NO2S/c1-12(15)4-6-13(7-5-12)9-10(14)11-3-2-8-16-11/h2-3,8,15H,4-7,9H2,1H3. The van der Waals surface area contributed by atoms with Crippen LogP contribution < -0.4 is 0 Å². The van der Waals surface area contributed by atoms with Crippen LogP contribution in [0.1, 0.15) is 29.4 Å². The SMILES string of the molecule is CC1(O)CCN(CC(=O)c2cccs2)CC1. The maximum absolute atomic E-state index is 11.8. The summed E-state index contributed by atoms with van der Waals surface area (Å²) in [7, 11) is 0. The fourth-order valence-electron chi connectivity index (χ4n) is 1.91. The van der Waals surface area contributed by atoms with E-state index in [0.717, 1.165) is 30.8 Å². The molecule has 0 radical (unpaired) electrons. The highest BCUT2D eigenvalue weighted by Crippen LogP contribution is 2.21. The molecular formula is C12H17NO2S. The molecule has 2 rings (SSSR count). The molecule has 0 spiro atoms. The van der Waals surface area contributed by atoms with E-state index in [2.05, 4.69) is 4.90 Å². The second-order valence-corrected chi connectivity index (χ2v) is 5.62. The van der Waals surface area contributed by atoms with Crippen LogP contribution in [0.2, 0.25) is 0 Å². The van der Waals surface area contributed by atoms with Crippen LogP contribution in [0.3, 0.4) is 0 Å². The number of aliphatic hydroxyl groups is 1. The van der Waals surface area contributed by atoms with E-state index in [-0.39, 0.29) is 5.78 Å². The van der Waals surface area contributed by atoms with Crippen molar-refractivity contribution >= 4 is 17.1 Å². The number of rotatable bonds is 3. The first-order valence-corrected chi connectivity index (χ1v) is 6.46. The van der Waals surface area contributed by atoms with Crippen LogP contribution in [0.4, 0.5) is 0 Å². The van der Waals surface area contributed by atoms with E-state index < -0.39 is 5.60 Å². The first-order valence-electron chi connectivity index (χ1n) is 5.58. The van der Waals surface area contributed by atoms with Gasteiger partial charge >= 0.3 is 0 Å². The molecule has 0 aliphatic carbocycles. The van der Waals surface area contributed by atoms with Gasteiger partial charge in [0.2, 0.25) is 0 Å². The van der Waals surface area contributed by atoms with Gasteiger partial charge in [0.1, 0.15) is 0 Å². The van der Waals surface area contributed by atoms with Gasteiger partial charge in [-0.05, 0) is 31.2 Å². The van der Waals surface area contributed by atoms with Gasteiger partial charge in [0.05, 0.1) is 17.0 Å². The summed E-state index contributed by atoms with van der Waals surface area (Å²) < 4.78 is 0. The van der Waals surface area contributed by atoms with Crippen molar-refractivity contribution in [3.05, 3.63) is 22.4 Å². The molecular weight excluding hydrogens is 222 g/mol. The Morgan fingerprint density at radius 1 is 1.56 bits per heavy atom. The summed E-state index contributed by atoms with van der Waals surface area (Å²) >= 11 is 1.49. The lowest BCUT2D eigenvalue weighted by atomic mass is 9.94. The van der Waals surface area contributed by atoms with Crippen LogP contribution >= 0.6 is 11.3 Å². The van der Waals surface area contributed by atoms with E-state index in [1.807, 2.05) is 24.4 Å². The number of carbonyl (C=O) groups is 1. The Hall–Kier alpha value is -0.710. The van der Waals surface area contributed by atoms with Crippen molar-refractivity contribution in [1.29, 1.82) is 0 Å². The number of likely N-dealkylation sites (tertiary alicyclic amines) is 1. The lowest BCUT2D eigenvalue weighted by Gasteiger charge is -2.35. The van der Waals surface area contributed by atoms with Gasteiger partial charge in [-0.25, -0.2) is 0 Å². The fraction of sp³-hybridized carbons (Fsp3) is 0.583. The van der Waals surface area contributed by atoms with Crippen molar-refractivity contribution in [3.63, 3.8) is 0 Å². The average Bonchev–Trinajstić information content (AvgIpc) is 2.74. The monoisotopic (exact) mass is 239 g/mol. The number of ketones is 1. The van der Waals surface area contributed by atoms with Crippen molar-refractivity contribution in [2.75, 3.05) is 19.6 Å². The van der Waals surface area contributed by atoms with Crippen molar-refractivity contribution in [3.8, 4) is 0 Å². The molecule has 1 saturated heterocycles. The quantitative estimate of drug-likeness (QED) is 0.817. The molecule has 1 aliphatic rings. The van der Waals surface area contributed by atoms with Gasteiger partial charge in [0, 0.05) is 13.1 Å². The lowest BCUT2D eigenvalue weighted by Crippen LogP contribution is -2.44. The summed E-state index contributed by atoms with van der Waals surface area (Å²) in [6.45, 7) is 3.97. The zero-order valence-electron chi connectivity index (χ0n) is 9.48. The van der Waals surface area contributed by atoms with Crippen molar-refractivity contribution in [1.82, 2.24) is 4.90 Å². The van der Waals surface area contributed by atoms with Crippen LogP contribution in [0.15, 0.2) is 17.5 Å². The smallest absolute Gasteiger partial charge is 0.186 e. The van der Waals surface area contributed by atoms with Gasteiger partial charge in [-0.2, -0.15) is 0 Å². The van der Waals surface area contributed by atoms with Crippen LogP contribution in [-0.2, 0) is 0 Å². The number of hydrogen-bond donors (Lipinski definition) is 1. The maximum Gasteiger partial charge on any atom is 0.186 e. The van der Waals surface area contributed by atoms with Gasteiger partial charge < -0.3 is 5.11 Å². The zero-order valence-corrected chi connectivity index (χ0v) is 10.3. The third kappa shape index (κ3) is 2.90. The third-order valence-corrected chi connectivity index (χ3v) is 4.01. The number of nitrogens with zero attached hydrogens (tertiary/aromatic N) is 1. The molecule has 0 saturated carbocycles. The van der Waals surface area contributed by atoms with E-state index in [1.165, 1.54) is 11.3 Å². The molecule has 0 bridgehead atoms. The number of piperidine rings is 1. The number of Topliss-reactive ketones (excluding diaryl/α,β-unsaturated/α-hetero) is 1. The molecule has 3 nitrogen and oxygen atoms in total. The van der Waals surface area contributed by atoms with E-state index in [9.17, 15) is 9.90 Å². The van der Waals surface area contributed by atoms with E-state index >= 15 is 0 Å². The molecule has 0 unspecified atom stereocenters. The Labute approximate surface area is 99.7 Å². The summed E-state index contributed by atoms with van der Waals surface area (Å²) in [6.07, 6.45) is 1.51. The summed E-state index contributed by atoms with van der Waals surface area (Å²) in [4.78, 5) is 14.8. The lowest BCUT2D eigenvalue weighted by molar-refractivity contribution is -0.00417. The molecule has 1 aromatic heterocycles. The largest absolute Gasteiger partial charge is 0.390 e. The van der Waals surface area contributed by atoms with Crippen molar-refractivity contribution in [2.45, 2.75) is 25.4 Å². The molecule has 88 valence electrons. The molecule has 1 aliphatic heterocycles. The van der Waals surface area contributed by atoms with Gasteiger partial charge in [-0.15, -0.1) is 11.3 Å².